The lowest BCUT2D eigenvalue weighted by molar-refractivity contribution is -0.131. The molecule has 3 aromatic carbocycles. The summed E-state index contributed by atoms with van der Waals surface area (Å²) in [6, 6.07) is 21.8. The van der Waals surface area contributed by atoms with Crippen LogP contribution in [0.15, 0.2) is 72.8 Å². The van der Waals surface area contributed by atoms with E-state index in [-0.39, 0.29) is 25.0 Å². The molecule has 1 N–H and O–H groups in total. The van der Waals surface area contributed by atoms with Crippen LogP contribution in [0.4, 0.5) is 5.69 Å². The second-order valence-electron chi connectivity index (χ2n) is 9.15. The predicted octanol–water partition coefficient (Wildman–Crippen LogP) is 4.73. The molecule has 2 amide bonds. The maximum Gasteiger partial charge on any atom is 0.252 e. The van der Waals surface area contributed by atoms with E-state index in [2.05, 4.69) is 5.32 Å². The van der Waals surface area contributed by atoms with Gasteiger partial charge in [-0.05, 0) is 66.2 Å². The van der Waals surface area contributed by atoms with Crippen molar-refractivity contribution in [2.75, 3.05) is 18.7 Å². The third-order valence-corrected chi connectivity index (χ3v) is 6.82. The number of hydrogen-bond donors (Lipinski definition) is 1. The van der Waals surface area contributed by atoms with Crippen LogP contribution >= 0.6 is 12.2 Å². The van der Waals surface area contributed by atoms with Gasteiger partial charge in [-0.25, -0.2) is 0 Å². The van der Waals surface area contributed by atoms with Gasteiger partial charge in [-0.2, -0.15) is 0 Å². The van der Waals surface area contributed by atoms with Crippen LogP contribution in [-0.2, 0) is 22.7 Å². The maximum atomic E-state index is 13.6. The van der Waals surface area contributed by atoms with Gasteiger partial charge in [0.05, 0.1) is 19.6 Å². The fourth-order valence-electron chi connectivity index (χ4n) is 4.46. The van der Waals surface area contributed by atoms with E-state index in [1.54, 1.807) is 17.0 Å². The SMILES string of the molecule is CCCOc1ccc(NC(=O)CC2C(=O)N(Cc3ccccc3)C(=S)N2Cc2ccc3c(c2)OCO3)cc1. The third-order valence-electron chi connectivity index (χ3n) is 6.37. The fraction of sp³-hybridized carbons (Fsp3) is 0.276. The van der Waals surface area contributed by atoms with E-state index in [1.165, 1.54) is 0 Å². The molecular weight excluding hydrogens is 502 g/mol. The first-order valence-corrected chi connectivity index (χ1v) is 13.0. The first kappa shape index (κ1) is 25.5. The van der Waals surface area contributed by atoms with E-state index in [0.29, 0.717) is 42.0 Å². The molecule has 38 heavy (non-hydrogen) atoms. The van der Waals surface area contributed by atoms with E-state index in [0.717, 1.165) is 23.3 Å². The number of hydrogen-bond acceptors (Lipinski definition) is 6. The van der Waals surface area contributed by atoms with Gasteiger partial charge in [-0.3, -0.25) is 14.5 Å². The van der Waals surface area contributed by atoms with E-state index in [9.17, 15) is 9.59 Å². The van der Waals surface area contributed by atoms with Crippen molar-refractivity contribution in [2.45, 2.75) is 38.9 Å². The number of anilines is 1. The first-order chi connectivity index (χ1) is 18.5. The zero-order valence-corrected chi connectivity index (χ0v) is 21.9. The number of nitrogens with zero attached hydrogens (tertiary/aromatic N) is 2. The number of rotatable bonds is 10. The van der Waals surface area contributed by atoms with E-state index < -0.39 is 6.04 Å². The number of fused-ring (bicyclic) bond motifs is 1. The molecule has 0 aliphatic carbocycles. The number of nitrogens with one attached hydrogen (secondary N) is 1. The summed E-state index contributed by atoms with van der Waals surface area (Å²) in [6.07, 6.45) is 0.878. The Morgan fingerprint density at radius 2 is 1.76 bits per heavy atom. The molecular formula is C29H29N3O5S. The smallest absolute Gasteiger partial charge is 0.252 e. The van der Waals surface area contributed by atoms with Crippen LogP contribution in [0.3, 0.4) is 0 Å². The van der Waals surface area contributed by atoms with Crippen molar-refractivity contribution in [3.8, 4) is 17.2 Å². The van der Waals surface area contributed by atoms with Crippen molar-refractivity contribution in [1.29, 1.82) is 0 Å². The second-order valence-corrected chi connectivity index (χ2v) is 9.51. The number of carbonyl (C=O) groups excluding carboxylic acids is 2. The molecule has 5 rings (SSSR count). The lowest BCUT2D eigenvalue weighted by atomic mass is 10.1. The molecule has 9 heteroatoms. The average Bonchev–Trinajstić information content (AvgIpc) is 3.48. The first-order valence-electron chi connectivity index (χ1n) is 12.6. The van der Waals surface area contributed by atoms with Crippen LogP contribution in [0.5, 0.6) is 17.2 Å². The fourth-order valence-corrected chi connectivity index (χ4v) is 4.81. The Morgan fingerprint density at radius 3 is 2.53 bits per heavy atom. The van der Waals surface area contributed by atoms with Crippen molar-refractivity contribution >= 4 is 34.8 Å². The molecule has 2 aliphatic rings. The molecule has 1 atom stereocenters. The predicted molar refractivity (Wildman–Crippen MR) is 147 cm³/mol. The van der Waals surface area contributed by atoms with Crippen LogP contribution in [0.1, 0.15) is 30.9 Å². The maximum absolute atomic E-state index is 13.6. The number of amides is 2. The normalized spacial score (nSPS) is 16.2. The van der Waals surface area contributed by atoms with Crippen molar-refractivity contribution in [1.82, 2.24) is 9.80 Å². The van der Waals surface area contributed by atoms with Gasteiger partial charge in [-0.15, -0.1) is 0 Å². The largest absolute Gasteiger partial charge is 0.494 e. The van der Waals surface area contributed by atoms with Crippen LogP contribution in [0, 0.1) is 0 Å². The summed E-state index contributed by atoms with van der Waals surface area (Å²) >= 11 is 5.77. The Balaban J connectivity index is 1.33. The van der Waals surface area contributed by atoms with Gasteiger partial charge in [0.2, 0.25) is 12.7 Å². The van der Waals surface area contributed by atoms with E-state index >= 15 is 0 Å². The number of carbonyl (C=O) groups is 2. The minimum Gasteiger partial charge on any atom is -0.494 e. The Bertz CT molecular complexity index is 1320. The minimum absolute atomic E-state index is 0.0388. The number of benzene rings is 3. The zero-order chi connectivity index (χ0) is 26.5. The summed E-state index contributed by atoms with van der Waals surface area (Å²) in [5.41, 5.74) is 2.50. The quantitative estimate of drug-likeness (QED) is 0.379. The monoisotopic (exact) mass is 531 g/mol. The van der Waals surface area contributed by atoms with Crippen LogP contribution in [0.2, 0.25) is 0 Å². The molecule has 2 heterocycles. The topological polar surface area (TPSA) is 80.3 Å². The Morgan fingerprint density at radius 1 is 1.00 bits per heavy atom. The second kappa shape index (κ2) is 11.5. The highest BCUT2D eigenvalue weighted by molar-refractivity contribution is 7.80. The number of thiocarbonyl (C=S) groups is 1. The molecule has 8 nitrogen and oxygen atoms in total. The summed E-state index contributed by atoms with van der Waals surface area (Å²) in [5, 5.41) is 3.29. The van der Waals surface area contributed by atoms with Crippen LogP contribution in [-0.4, -0.2) is 46.2 Å². The molecule has 0 bridgehead atoms. The lowest BCUT2D eigenvalue weighted by Crippen LogP contribution is -2.37. The molecule has 1 fully saturated rings. The van der Waals surface area contributed by atoms with Gasteiger partial charge in [0.25, 0.3) is 5.91 Å². The van der Waals surface area contributed by atoms with E-state index in [1.807, 2.05) is 72.5 Å². The molecule has 1 saturated heterocycles. The lowest BCUT2D eigenvalue weighted by Gasteiger charge is -2.24. The molecule has 3 aromatic rings. The summed E-state index contributed by atoms with van der Waals surface area (Å²) in [4.78, 5) is 30.1. The minimum atomic E-state index is -0.733. The molecule has 2 aliphatic heterocycles. The third kappa shape index (κ3) is 5.73. The standard InChI is InChI=1S/C29H29N3O5S/c1-2-14-35-23-11-9-22(10-12-23)30-27(33)16-24-28(34)32(17-20-6-4-3-5-7-20)29(38)31(24)18-21-8-13-25-26(15-21)37-19-36-25/h3-13,15,24H,2,14,16-19H2,1H3,(H,30,33). The molecule has 1 unspecified atom stereocenters. The highest BCUT2D eigenvalue weighted by atomic mass is 32.1. The Kier molecular flexibility index (Phi) is 7.74. The van der Waals surface area contributed by atoms with Crippen molar-refractivity contribution in [3.05, 3.63) is 83.9 Å². The van der Waals surface area contributed by atoms with Gasteiger partial charge in [0.1, 0.15) is 11.8 Å². The summed E-state index contributed by atoms with van der Waals surface area (Å²) in [5.74, 6) is 1.61. The van der Waals surface area contributed by atoms with Crippen molar-refractivity contribution in [3.63, 3.8) is 0 Å². The van der Waals surface area contributed by atoms with Gasteiger partial charge >= 0.3 is 0 Å². The Labute approximate surface area is 227 Å². The Hall–Kier alpha value is -4.11. The van der Waals surface area contributed by atoms with Gasteiger partial charge < -0.3 is 24.4 Å². The summed E-state index contributed by atoms with van der Waals surface area (Å²) in [6.45, 7) is 3.55. The molecule has 0 radical (unpaired) electrons. The van der Waals surface area contributed by atoms with Crippen molar-refractivity contribution in [2.24, 2.45) is 0 Å². The van der Waals surface area contributed by atoms with E-state index in [4.69, 9.17) is 26.4 Å². The molecule has 0 saturated carbocycles. The van der Waals surface area contributed by atoms with Crippen LogP contribution in [0.25, 0.3) is 0 Å². The summed E-state index contributed by atoms with van der Waals surface area (Å²) < 4.78 is 16.5. The number of ether oxygens (including phenoxy) is 3. The van der Waals surface area contributed by atoms with Gasteiger partial charge in [0, 0.05) is 12.2 Å². The summed E-state index contributed by atoms with van der Waals surface area (Å²) in [7, 11) is 0. The molecule has 196 valence electrons. The van der Waals surface area contributed by atoms with Crippen molar-refractivity contribution < 1.29 is 23.8 Å². The molecule has 0 aromatic heterocycles. The van der Waals surface area contributed by atoms with Gasteiger partial charge in [0.15, 0.2) is 16.6 Å². The average molecular weight is 532 g/mol. The zero-order valence-electron chi connectivity index (χ0n) is 21.1. The highest BCUT2D eigenvalue weighted by Crippen LogP contribution is 2.34. The van der Waals surface area contributed by atoms with Crippen LogP contribution < -0.4 is 19.5 Å². The molecule has 0 spiro atoms. The highest BCUT2D eigenvalue weighted by Gasteiger charge is 2.43. The van der Waals surface area contributed by atoms with Gasteiger partial charge in [-0.1, -0.05) is 43.3 Å².